The van der Waals surface area contributed by atoms with Gasteiger partial charge in [0.1, 0.15) is 17.7 Å². The van der Waals surface area contributed by atoms with Crippen LogP contribution in [-0.4, -0.2) is 107 Å². The van der Waals surface area contributed by atoms with Crippen molar-refractivity contribution in [2.24, 2.45) is 11.8 Å². The zero-order chi connectivity index (χ0) is 42.4. The molecule has 3 amide bonds. The minimum atomic E-state index is -1.42. The largest absolute Gasteiger partial charge is 0.455 e. The highest BCUT2D eigenvalue weighted by atomic mass is 79.9. The third-order valence-corrected chi connectivity index (χ3v) is 13.2. The van der Waals surface area contributed by atoms with E-state index in [1.807, 2.05) is 91.9 Å². The van der Waals surface area contributed by atoms with Gasteiger partial charge in [0.2, 0.25) is 11.8 Å². The van der Waals surface area contributed by atoms with Gasteiger partial charge in [0.05, 0.1) is 36.6 Å². The van der Waals surface area contributed by atoms with Crippen LogP contribution in [0.4, 0.5) is 11.4 Å². The fourth-order valence-electron chi connectivity index (χ4n) is 9.30. The van der Waals surface area contributed by atoms with E-state index in [2.05, 4.69) is 47.8 Å². The number of aliphatic hydroxyl groups is 1. The smallest absolute Gasteiger partial charge is 0.313 e. The summed E-state index contributed by atoms with van der Waals surface area (Å²) in [6.07, 6.45) is 2.98. The number of halogens is 1. The summed E-state index contributed by atoms with van der Waals surface area (Å²) in [6, 6.07) is 23.9. The van der Waals surface area contributed by atoms with E-state index in [0.29, 0.717) is 17.7 Å². The van der Waals surface area contributed by atoms with Gasteiger partial charge in [-0.3, -0.25) is 19.2 Å². The first-order valence-corrected chi connectivity index (χ1v) is 21.6. The van der Waals surface area contributed by atoms with Gasteiger partial charge in [-0.15, -0.1) is 13.2 Å². The number of hydrogen-bond acceptors (Lipinski definition) is 8. The van der Waals surface area contributed by atoms with Crippen molar-refractivity contribution in [2.45, 2.75) is 87.2 Å². The summed E-state index contributed by atoms with van der Waals surface area (Å²) in [5.74, 6) is -3.79. The zero-order valence-corrected chi connectivity index (χ0v) is 36.1. The van der Waals surface area contributed by atoms with Gasteiger partial charge in [0.15, 0.2) is 0 Å². The zero-order valence-electron chi connectivity index (χ0n) is 34.5. The van der Waals surface area contributed by atoms with Crippen LogP contribution in [0, 0.1) is 11.8 Å². The molecule has 3 fully saturated rings. The third kappa shape index (κ3) is 8.49. The maximum Gasteiger partial charge on any atom is 0.313 e. The number of likely N-dealkylation sites (N-methyl/N-ethyl adjacent to an activating group) is 1. The molecule has 314 valence electrons. The van der Waals surface area contributed by atoms with Gasteiger partial charge in [-0.05, 0) is 75.4 Å². The number of aliphatic hydroxyl groups excluding tert-OH is 1. The minimum absolute atomic E-state index is 0.125. The fourth-order valence-corrected chi connectivity index (χ4v) is 10.2. The summed E-state index contributed by atoms with van der Waals surface area (Å²) in [5.41, 5.74) is 1.77. The molecular weight excluding hydrogens is 812 g/mol. The van der Waals surface area contributed by atoms with Gasteiger partial charge < -0.3 is 34.2 Å². The number of carbonyl (C=O) groups excluding carboxylic acids is 4. The Bertz CT molecular complexity index is 1960. The lowest BCUT2D eigenvalue weighted by Gasteiger charge is -2.39. The van der Waals surface area contributed by atoms with Crippen molar-refractivity contribution in [1.29, 1.82) is 0 Å². The number of ether oxygens (including phenoxy) is 2. The van der Waals surface area contributed by atoms with E-state index in [1.54, 1.807) is 29.0 Å². The van der Waals surface area contributed by atoms with Crippen LogP contribution in [0.5, 0.6) is 0 Å². The summed E-state index contributed by atoms with van der Waals surface area (Å²) in [4.78, 5) is 65.2. The van der Waals surface area contributed by atoms with Crippen molar-refractivity contribution in [1.82, 2.24) is 9.80 Å². The second-order valence-electron chi connectivity index (χ2n) is 15.7. The fraction of sp³-hybridized carbons (Fsp3) is 0.447. The number of allylic oxidation sites excluding steroid dienone is 1. The van der Waals surface area contributed by atoms with E-state index in [-0.39, 0.29) is 31.7 Å². The minimum Gasteiger partial charge on any atom is -0.455 e. The molecule has 3 aliphatic heterocycles. The van der Waals surface area contributed by atoms with Gasteiger partial charge in [0, 0.05) is 49.3 Å². The summed E-state index contributed by atoms with van der Waals surface area (Å²) >= 11 is 3.80. The molecule has 3 heterocycles. The Morgan fingerprint density at radius 1 is 0.983 bits per heavy atom. The van der Waals surface area contributed by atoms with Crippen molar-refractivity contribution in [3.63, 3.8) is 0 Å². The number of fused-ring (bicyclic) bond motifs is 1. The molecule has 3 aliphatic rings. The van der Waals surface area contributed by atoms with Crippen LogP contribution in [0.3, 0.4) is 0 Å². The maximum atomic E-state index is 15.4. The predicted octanol–water partition coefficient (Wildman–Crippen LogP) is 6.50. The van der Waals surface area contributed by atoms with Crippen LogP contribution < -0.4 is 9.80 Å². The van der Waals surface area contributed by atoms with E-state index >= 15 is 9.59 Å². The standard InChI is InChI=1S/C47H57BrN4O7/c1-7-11-22-38(54)49(6)31(5)41(33-20-16-13-17-21-33)58-46(57)39-40-44(55)52(36(30-53)28-32-18-14-12-15-19-32)43(47(40)29-37(48)42(39)59-47)45(56)51(27-8-2)35-25-23-34(24-26-35)50(9-3)10-4/h7-8,12-21,23-26,31,36-37,39-43,53H,1-2,9-11,22,27-30H2,3-6H3/t31-,36-,37?,39+,40-,41+,42+,43+,47-/m1/s1. The van der Waals surface area contributed by atoms with Crippen LogP contribution in [-0.2, 0) is 35.1 Å². The van der Waals surface area contributed by atoms with E-state index < -0.39 is 77.0 Å². The number of esters is 1. The average Bonchev–Trinajstić information content (AvgIpc) is 3.86. The number of rotatable bonds is 19. The Balaban J connectivity index is 1.41. The number of anilines is 2. The van der Waals surface area contributed by atoms with E-state index in [4.69, 9.17) is 9.47 Å². The van der Waals surface area contributed by atoms with Gasteiger partial charge in [-0.2, -0.15) is 0 Å². The molecule has 0 aliphatic carbocycles. The molecule has 0 aromatic heterocycles. The normalized spacial score (nSPS) is 24.5. The maximum absolute atomic E-state index is 15.4. The van der Waals surface area contributed by atoms with E-state index in [1.165, 1.54) is 4.90 Å². The van der Waals surface area contributed by atoms with Gasteiger partial charge in [-0.1, -0.05) is 88.7 Å². The molecule has 0 radical (unpaired) electrons. The van der Waals surface area contributed by atoms with Crippen molar-refractivity contribution in [3.8, 4) is 0 Å². The van der Waals surface area contributed by atoms with Crippen molar-refractivity contribution < 1.29 is 33.8 Å². The molecule has 1 spiro atoms. The van der Waals surface area contributed by atoms with Crippen LogP contribution in [0.15, 0.2) is 110 Å². The molecule has 2 bridgehead atoms. The Labute approximate surface area is 356 Å². The van der Waals surface area contributed by atoms with Crippen LogP contribution >= 0.6 is 15.9 Å². The summed E-state index contributed by atoms with van der Waals surface area (Å²) in [6.45, 7) is 15.1. The van der Waals surface area contributed by atoms with Crippen LogP contribution in [0.1, 0.15) is 57.3 Å². The second kappa shape index (κ2) is 19.1. The van der Waals surface area contributed by atoms with Crippen LogP contribution in [0.25, 0.3) is 0 Å². The molecule has 11 nitrogen and oxygen atoms in total. The number of carbonyl (C=O) groups is 4. The summed E-state index contributed by atoms with van der Waals surface area (Å²) in [5, 5.41) is 11.0. The molecule has 1 N–H and O–H groups in total. The highest BCUT2D eigenvalue weighted by Gasteiger charge is 2.77. The molecule has 0 saturated carbocycles. The highest BCUT2D eigenvalue weighted by molar-refractivity contribution is 9.09. The van der Waals surface area contributed by atoms with E-state index in [9.17, 15) is 14.7 Å². The Kier molecular flexibility index (Phi) is 14.2. The van der Waals surface area contributed by atoms with Gasteiger partial charge in [0.25, 0.3) is 5.91 Å². The monoisotopic (exact) mass is 868 g/mol. The Morgan fingerprint density at radius 2 is 1.61 bits per heavy atom. The number of hydrogen-bond donors (Lipinski definition) is 1. The molecule has 59 heavy (non-hydrogen) atoms. The third-order valence-electron chi connectivity index (χ3n) is 12.4. The number of amides is 3. The summed E-state index contributed by atoms with van der Waals surface area (Å²) in [7, 11) is 1.69. The molecule has 3 saturated heterocycles. The quantitative estimate of drug-likeness (QED) is 0.0825. The lowest BCUT2D eigenvalue weighted by atomic mass is 9.70. The first-order valence-electron chi connectivity index (χ1n) is 20.6. The van der Waals surface area contributed by atoms with Gasteiger partial charge >= 0.3 is 5.97 Å². The second-order valence-corrected chi connectivity index (χ2v) is 16.9. The molecule has 9 atom stereocenters. The number of alkyl halides is 1. The van der Waals surface area contributed by atoms with E-state index in [0.717, 1.165) is 24.3 Å². The lowest BCUT2D eigenvalue weighted by Crippen LogP contribution is -2.59. The number of likely N-dealkylation sites (tertiary alicyclic amines) is 1. The SMILES string of the molecule is C=CCCC(=O)N(C)[C@H](C)[C@H](OC(=O)[C@@H]1[C@H]2O[C@@]3(CC2Br)[C@H](C(=O)N(CC=C)c2ccc(N(CC)CC)cc2)N([C@@H](CO)Cc2ccccc2)C(=O)[C@@H]13)c1ccccc1. The average molecular weight is 870 g/mol. The Hall–Kier alpha value is -4.78. The molecule has 1 unspecified atom stereocenters. The molecule has 12 heteroatoms. The first kappa shape index (κ1) is 43.8. The van der Waals surface area contributed by atoms with Crippen LogP contribution in [0.2, 0.25) is 0 Å². The topological polar surface area (TPSA) is 120 Å². The van der Waals surface area contributed by atoms with Gasteiger partial charge in [-0.25, -0.2) is 0 Å². The highest BCUT2D eigenvalue weighted by Crippen LogP contribution is 2.61. The first-order chi connectivity index (χ1) is 28.5. The molecule has 3 aromatic carbocycles. The Morgan fingerprint density at radius 3 is 2.20 bits per heavy atom. The summed E-state index contributed by atoms with van der Waals surface area (Å²) < 4.78 is 13.3. The van der Waals surface area contributed by atoms with Crippen molar-refractivity contribution >= 4 is 51.0 Å². The predicted molar refractivity (Wildman–Crippen MR) is 233 cm³/mol. The van der Waals surface area contributed by atoms with Crippen molar-refractivity contribution in [3.05, 3.63) is 121 Å². The lowest BCUT2D eigenvalue weighted by molar-refractivity contribution is -0.165. The molecular formula is C47H57BrN4O7. The van der Waals surface area contributed by atoms with Crippen molar-refractivity contribution in [2.75, 3.05) is 43.1 Å². The molecule has 3 aromatic rings. The number of nitrogens with zero attached hydrogens (tertiary/aromatic N) is 4. The molecule has 6 rings (SSSR count). The number of benzene rings is 3.